The van der Waals surface area contributed by atoms with Crippen molar-refractivity contribution < 1.29 is 4.42 Å². The van der Waals surface area contributed by atoms with Crippen LogP contribution >= 0.6 is 0 Å². The monoisotopic (exact) mass is 393 g/mol. The Morgan fingerprint density at radius 1 is 1.17 bits per heavy atom. The molecule has 0 saturated carbocycles. The fourth-order valence-corrected chi connectivity index (χ4v) is 3.93. The Balaban J connectivity index is 1.34. The summed E-state index contributed by atoms with van der Waals surface area (Å²) in [6, 6.07) is 5.34. The van der Waals surface area contributed by atoms with E-state index >= 15 is 0 Å². The Kier molecular flexibility index (Phi) is 5.85. The molecule has 0 aliphatic carbocycles. The van der Waals surface area contributed by atoms with Crippen molar-refractivity contribution in [3.05, 3.63) is 65.1 Å². The molecule has 3 aromatic rings. The van der Waals surface area contributed by atoms with E-state index in [9.17, 15) is 4.79 Å². The Hall–Kier alpha value is -2.80. The Morgan fingerprint density at radius 2 is 1.93 bits per heavy atom. The van der Waals surface area contributed by atoms with Crippen LogP contribution in [0, 0.1) is 5.92 Å². The highest BCUT2D eigenvalue weighted by atomic mass is 16.3. The first kappa shape index (κ1) is 19.5. The van der Waals surface area contributed by atoms with Gasteiger partial charge in [-0.3, -0.25) is 19.2 Å². The standard InChI is InChI=1S/C22H27N5O2/c1-16(2)22-20(25-15-29-22)13-26-9-5-17(6-10-26)12-27-14-24-19(11-21(27)28)18-3-7-23-8-4-18/h3-4,7-8,11,14-17H,5-6,9-10,12-13H2,1-2H3. The summed E-state index contributed by atoms with van der Waals surface area (Å²) in [5.74, 6) is 1.82. The molecule has 0 unspecified atom stereocenters. The second kappa shape index (κ2) is 8.69. The molecule has 0 atom stereocenters. The summed E-state index contributed by atoms with van der Waals surface area (Å²) in [4.78, 5) is 27.8. The van der Waals surface area contributed by atoms with E-state index in [0.29, 0.717) is 17.5 Å². The minimum absolute atomic E-state index is 0.00147. The summed E-state index contributed by atoms with van der Waals surface area (Å²) in [6.45, 7) is 7.82. The third-order valence-corrected chi connectivity index (χ3v) is 5.59. The molecule has 0 N–H and O–H groups in total. The molecular formula is C22H27N5O2. The number of hydrogen-bond donors (Lipinski definition) is 0. The largest absolute Gasteiger partial charge is 0.448 e. The number of rotatable bonds is 6. The van der Waals surface area contributed by atoms with Gasteiger partial charge >= 0.3 is 0 Å². The normalized spacial score (nSPS) is 15.8. The van der Waals surface area contributed by atoms with Crippen molar-refractivity contribution in [2.24, 2.45) is 5.92 Å². The van der Waals surface area contributed by atoms with Gasteiger partial charge in [0.1, 0.15) is 5.76 Å². The van der Waals surface area contributed by atoms with Crippen LogP contribution in [0.15, 0.2) is 52.5 Å². The molecule has 152 valence electrons. The van der Waals surface area contributed by atoms with Crippen LogP contribution in [0.5, 0.6) is 0 Å². The number of oxazole rings is 1. The van der Waals surface area contributed by atoms with Crippen molar-refractivity contribution in [1.29, 1.82) is 0 Å². The van der Waals surface area contributed by atoms with Gasteiger partial charge in [-0.15, -0.1) is 0 Å². The summed E-state index contributed by atoms with van der Waals surface area (Å²) in [5, 5.41) is 0. The number of hydrogen-bond acceptors (Lipinski definition) is 6. The highest BCUT2D eigenvalue weighted by Crippen LogP contribution is 2.24. The molecule has 1 aliphatic rings. The van der Waals surface area contributed by atoms with Crippen molar-refractivity contribution in [3.8, 4) is 11.3 Å². The number of pyridine rings is 1. The fraction of sp³-hybridized carbons (Fsp3) is 0.455. The van der Waals surface area contributed by atoms with Crippen LogP contribution in [0.3, 0.4) is 0 Å². The zero-order valence-corrected chi connectivity index (χ0v) is 17.0. The average Bonchev–Trinajstić information content (AvgIpc) is 3.20. The van der Waals surface area contributed by atoms with Gasteiger partial charge in [0.2, 0.25) is 0 Å². The van der Waals surface area contributed by atoms with Gasteiger partial charge < -0.3 is 4.42 Å². The van der Waals surface area contributed by atoms with Gasteiger partial charge in [-0.05, 0) is 44.0 Å². The first-order valence-corrected chi connectivity index (χ1v) is 10.2. The molecule has 29 heavy (non-hydrogen) atoms. The molecule has 1 fully saturated rings. The van der Waals surface area contributed by atoms with E-state index < -0.39 is 0 Å². The molecule has 0 amide bonds. The first-order valence-electron chi connectivity index (χ1n) is 10.2. The van der Waals surface area contributed by atoms with E-state index in [-0.39, 0.29) is 5.56 Å². The lowest BCUT2D eigenvalue weighted by molar-refractivity contribution is 0.164. The second-order valence-corrected chi connectivity index (χ2v) is 8.04. The van der Waals surface area contributed by atoms with Gasteiger partial charge in [-0.1, -0.05) is 13.8 Å². The van der Waals surface area contributed by atoms with Gasteiger partial charge in [0.25, 0.3) is 5.56 Å². The van der Waals surface area contributed by atoms with Gasteiger partial charge in [-0.25, -0.2) is 9.97 Å². The second-order valence-electron chi connectivity index (χ2n) is 8.04. The zero-order valence-electron chi connectivity index (χ0n) is 17.0. The van der Waals surface area contributed by atoms with Gasteiger partial charge in [0.05, 0.1) is 17.7 Å². The van der Waals surface area contributed by atoms with Crippen LogP contribution in [0.2, 0.25) is 0 Å². The summed E-state index contributed by atoms with van der Waals surface area (Å²) >= 11 is 0. The lowest BCUT2D eigenvalue weighted by atomic mass is 9.96. The van der Waals surface area contributed by atoms with Crippen LogP contribution in [0.25, 0.3) is 11.3 Å². The smallest absolute Gasteiger partial charge is 0.253 e. The lowest BCUT2D eigenvalue weighted by Gasteiger charge is -2.31. The number of piperidine rings is 1. The molecule has 4 rings (SSSR count). The predicted molar refractivity (Wildman–Crippen MR) is 110 cm³/mol. The molecule has 7 nitrogen and oxygen atoms in total. The summed E-state index contributed by atoms with van der Waals surface area (Å²) in [6.07, 6.45) is 8.76. The van der Waals surface area contributed by atoms with Crippen LogP contribution in [-0.4, -0.2) is 37.5 Å². The Morgan fingerprint density at radius 3 is 2.62 bits per heavy atom. The highest BCUT2D eigenvalue weighted by Gasteiger charge is 2.22. The molecule has 3 aromatic heterocycles. The lowest BCUT2D eigenvalue weighted by Crippen LogP contribution is -2.36. The highest BCUT2D eigenvalue weighted by molar-refractivity contribution is 5.57. The first-order chi connectivity index (χ1) is 14.1. The molecule has 0 spiro atoms. The Bertz CT molecular complexity index is 988. The summed E-state index contributed by atoms with van der Waals surface area (Å²) in [7, 11) is 0. The number of aromatic nitrogens is 4. The van der Waals surface area contributed by atoms with E-state index in [1.165, 1.54) is 0 Å². The van der Waals surface area contributed by atoms with Crippen LogP contribution in [-0.2, 0) is 13.1 Å². The zero-order chi connectivity index (χ0) is 20.2. The quantitative estimate of drug-likeness (QED) is 0.639. The van der Waals surface area contributed by atoms with E-state index in [1.54, 1.807) is 35.7 Å². The van der Waals surface area contributed by atoms with E-state index in [1.807, 2.05) is 12.1 Å². The Labute approximate surface area is 170 Å². The number of nitrogens with zero attached hydrogens (tertiary/aromatic N) is 5. The van der Waals surface area contributed by atoms with E-state index in [4.69, 9.17) is 4.42 Å². The number of likely N-dealkylation sites (tertiary alicyclic amines) is 1. The minimum Gasteiger partial charge on any atom is -0.448 e. The molecule has 4 heterocycles. The van der Waals surface area contributed by atoms with Crippen LogP contribution < -0.4 is 5.56 Å². The van der Waals surface area contributed by atoms with Crippen molar-refractivity contribution in [2.45, 2.75) is 45.7 Å². The molecule has 7 heteroatoms. The molecular weight excluding hydrogens is 366 g/mol. The van der Waals surface area contributed by atoms with Gasteiger partial charge in [0.15, 0.2) is 6.39 Å². The summed E-state index contributed by atoms with van der Waals surface area (Å²) in [5.41, 5.74) is 2.65. The SMILES string of the molecule is CC(C)c1ocnc1CN1CCC(Cn2cnc(-c3ccncc3)cc2=O)CC1. The van der Waals surface area contributed by atoms with Crippen molar-refractivity contribution in [3.63, 3.8) is 0 Å². The predicted octanol–water partition coefficient (Wildman–Crippen LogP) is 3.33. The molecule has 1 aliphatic heterocycles. The third-order valence-electron chi connectivity index (χ3n) is 5.59. The van der Waals surface area contributed by atoms with Crippen molar-refractivity contribution in [2.75, 3.05) is 13.1 Å². The summed E-state index contributed by atoms with van der Waals surface area (Å²) < 4.78 is 7.27. The van der Waals surface area contributed by atoms with Gasteiger partial charge in [0, 0.05) is 43.0 Å². The topological polar surface area (TPSA) is 77.1 Å². The maximum Gasteiger partial charge on any atom is 0.253 e. The molecule has 0 radical (unpaired) electrons. The minimum atomic E-state index is -0.00147. The van der Waals surface area contributed by atoms with Crippen LogP contribution in [0.4, 0.5) is 0 Å². The van der Waals surface area contributed by atoms with Crippen molar-refractivity contribution >= 4 is 0 Å². The van der Waals surface area contributed by atoms with Crippen LogP contribution in [0.1, 0.15) is 44.1 Å². The maximum atomic E-state index is 12.5. The van der Waals surface area contributed by atoms with E-state index in [0.717, 1.165) is 56.0 Å². The molecule has 0 aromatic carbocycles. The van der Waals surface area contributed by atoms with Gasteiger partial charge in [-0.2, -0.15) is 0 Å². The molecule has 1 saturated heterocycles. The molecule has 0 bridgehead atoms. The maximum absolute atomic E-state index is 12.5. The third kappa shape index (κ3) is 4.62. The average molecular weight is 393 g/mol. The van der Waals surface area contributed by atoms with Crippen molar-refractivity contribution in [1.82, 2.24) is 24.4 Å². The fourth-order valence-electron chi connectivity index (χ4n) is 3.93. The van der Waals surface area contributed by atoms with E-state index in [2.05, 4.69) is 33.7 Å².